The number of para-hydroxylation sites is 2. The molecule has 0 N–H and O–H groups in total. The highest BCUT2D eigenvalue weighted by atomic mass is 19.1. The highest BCUT2D eigenvalue weighted by Crippen LogP contribution is 2.31. The SMILES string of the molecule is Cc1cc(C(=O)N2CCCOc3ccccc32)ccc1F. The van der Waals surface area contributed by atoms with Crippen molar-refractivity contribution in [3.63, 3.8) is 0 Å². The van der Waals surface area contributed by atoms with E-state index in [9.17, 15) is 9.18 Å². The average Bonchev–Trinajstić information content (AvgIpc) is 2.71. The molecule has 0 saturated carbocycles. The van der Waals surface area contributed by atoms with Gasteiger partial charge in [0.15, 0.2) is 0 Å². The van der Waals surface area contributed by atoms with E-state index >= 15 is 0 Å². The lowest BCUT2D eigenvalue weighted by atomic mass is 10.1. The molecule has 3 nitrogen and oxygen atoms in total. The molecule has 1 aliphatic rings. The molecule has 0 radical (unpaired) electrons. The van der Waals surface area contributed by atoms with Crippen molar-refractivity contribution in [3.05, 3.63) is 59.4 Å². The second-order valence-electron chi connectivity index (χ2n) is 5.09. The second kappa shape index (κ2) is 5.56. The molecule has 1 amide bonds. The number of aryl methyl sites for hydroxylation is 1. The normalized spacial score (nSPS) is 14.1. The van der Waals surface area contributed by atoms with Crippen LogP contribution in [-0.2, 0) is 0 Å². The van der Waals surface area contributed by atoms with Gasteiger partial charge in [-0.2, -0.15) is 0 Å². The van der Waals surface area contributed by atoms with E-state index in [2.05, 4.69) is 0 Å². The first-order valence-corrected chi connectivity index (χ1v) is 6.96. The van der Waals surface area contributed by atoms with Crippen molar-refractivity contribution in [2.75, 3.05) is 18.1 Å². The summed E-state index contributed by atoms with van der Waals surface area (Å²) >= 11 is 0. The number of benzene rings is 2. The van der Waals surface area contributed by atoms with Gasteiger partial charge in [0, 0.05) is 12.1 Å². The van der Waals surface area contributed by atoms with Gasteiger partial charge in [0.1, 0.15) is 11.6 Å². The highest BCUT2D eigenvalue weighted by molar-refractivity contribution is 6.07. The molecule has 1 aliphatic heterocycles. The summed E-state index contributed by atoms with van der Waals surface area (Å²) in [5.41, 5.74) is 1.73. The molecule has 21 heavy (non-hydrogen) atoms. The Balaban J connectivity index is 1.99. The average molecular weight is 285 g/mol. The number of fused-ring (bicyclic) bond motifs is 1. The fraction of sp³-hybridized carbons (Fsp3) is 0.235. The van der Waals surface area contributed by atoms with Crippen LogP contribution in [-0.4, -0.2) is 19.1 Å². The predicted octanol–water partition coefficient (Wildman–Crippen LogP) is 3.56. The van der Waals surface area contributed by atoms with Gasteiger partial charge in [-0.1, -0.05) is 12.1 Å². The molecule has 2 aromatic carbocycles. The first-order valence-electron chi connectivity index (χ1n) is 6.96. The Morgan fingerprint density at radius 3 is 2.86 bits per heavy atom. The van der Waals surface area contributed by atoms with Crippen LogP contribution in [0, 0.1) is 12.7 Å². The van der Waals surface area contributed by atoms with Crippen molar-refractivity contribution < 1.29 is 13.9 Å². The van der Waals surface area contributed by atoms with Gasteiger partial charge in [-0.05, 0) is 49.2 Å². The zero-order valence-electron chi connectivity index (χ0n) is 11.8. The summed E-state index contributed by atoms with van der Waals surface area (Å²) in [6.45, 7) is 2.83. The summed E-state index contributed by atoms with van der Waals surface area (Å²) in [6.07, 6.45) is 0.764. The summed E-state index contributed by atoms with van der Waals surface area (Å²) in [5.74, 6) is 0.282. The van der Waals surface area contributed by atoms with E-state index in [1.807, 2.05) is 24.3 Å². The Hall–Kier alpha value is -2.36. The molecule has 2 aromatic rings. The lowest BCUT2D eigenvalue weighted by molar-refractivity contribution is 0.0987. The predicted molar refractivity (Wildman–Crippen MR) is 79.4 cm³/mol. The van der Waals surface area contributed by atoms with Crippen LogP contribution in [0.5, 0.6) is 5.75 Å². The third kappa shape index (κ3) is 2.61. The Labute approximate surface area is 123 Å². The second-order valence-corrected chi connectivity index (χ2v) is 5.09. The van der Waals surface area contributed by atoms with Gasteiger partial charge in [-0.3, -0.25) is 4.79 Å². The van der Waals surface area contributed by atoms with Crippen LogP contribution in [0.15, 0.2) is 42.5 Å². The summed E-state index contributed by atoms with van der Waals surface area (Å²) in [5, 5.41) is 0. The third-order valence-electron chi connectivity index (χ3n) is 3.59. The number of hydrogen-bond donors (Lipinski definition) is 0. The number of anilines is 1. The zero-order valence-corrected chi connectivity index (χ0v) is 11.8. The molecule has 1 heterocycles. The first-order chi connectivity index (χ1) is 10.2. The number of halogens is 1. The van der Waals surface area contributed by atoms with Crippen molar-refractivity contribution in [3.8, 4) is 5.75 Å². The van der Waals surface area contributed by atoms with Crippen molar-refractivity contribution in [2.45, 2.75) is 13.3 Å². The van der Waals surface area contributed by atoms with E-state index in [1.165, 1.54) is 12.1 Å². The molecule has 0 spiro atoms. The van der Waals surface area contributed by atoms with E-state index in [-0.39, 0.29) is 11.7 Å². The number of ether oxygens (including phenoxy) is 1. The summed E-state index contributed by atoms with van der Waals surface area (Å²) in [4.78, 5) is 14.4. The Bertz CT molecular complexity index is 684. The Morgan fingerprint density at radius 2 is 2.05 bits per heavy atom. The van der Waals surface area contributed by atoms with E-state index < -0.39 is 0 Å². The number of carbonyl (C=O) groups excluding carboxylic acids is 1. The molecular formula is C17H16FNO2. The van der Waals surface area contributed by atoms with Crippen LogP contribution in [0.3, 0.4) is 0 Å². The molecule has 0 fully saturated rings. The van der Waals surface area contributed by atoms with Gasteiger partial charge in [0.05, 0.1) is 12.3 Å². The minimum atomic E-state index is -0.300. The molecular weight excluding hydrogens is 269 g/mol. The molecule has 0 bridgehead atoms. The first kappa shape index (κ1) is 13.6. The minimum absolute atomic E-state index is 0.129. The van der Waals surface area contributed by atoms with E-state index in [1.54, 1.807) is 17.9 Å². The molecule has 3 rings (SSSR count). The quantitative estimate of drug-likeness (QED) is 0.801. The monoisotopic (exact) mass is 285 g/mol. The summed E-state index contributed by atoms with van der Waals surface area (Å²) in [6, 6.07) is 11.9. The van der Waals surface area contributed by atoms with E-state index in [4.69, 9.17) is 4.74 Å². The van der Waals surface area contributed by atoms with Gasteiger partial charge < -0.3 is 9.64 Å². The maximum atomic E-state index is 13.4. The smallest absolute Gasteiger partial charge is 0.258 e. The van der Waals surface area contributed by atoms with E-state index in [0.29, 0.717) is 30.0 Å². The number of rotatable bonds is 1. The van der Waals surface area contributed by atoms with Crippen LogP contribution < -0.4 is 9.64 Å². The number of hydrogen-bond acceptors (Lipinski definition) is 2. The van der Waals surface area contributed by atoms with Crippen LogP contribution in [0.2, 0.25) is 0 Å². The largest absolute Gasteiger partial charge is 0.491 e. The molecule has 4 heteroatoms. The van der Waals surface area contributed by atoms with Gasteiger partial charge in [0.25, 0.3) is 5.91 Å². The zero-order chi connectivity index (χ0) is 14.8. The molecule has 0 atom stereocenters. The van der Waals surface area contributed by atoms with Gasteiger partial charge >= 0.3 is 0 Å². The topological polar surface area (TPSA) is 29.5 Å². The summed E-state index contributed by atoms with van der Waals surface area (Å²) < 4.78 is 19.0. The van der Waals surface area contributed by atoms with Crippen LogP contribution in [0.4, 0.5) is 10.1 Å². The minimum Gasteiger partial charge on any atom is -0.491 e. The van der Waals surface area contributed by atoms with Gasteiger partial charge in [0.2, 0.25) is 0 Å². The maximum absolute atomic E-state index is 13.4. The van der Waals surface area contributed by atoms with Crippen LogP contribution in [0.25, 0.3) is 0 Å². The lowest BCUT2D eigenvalue weighted by Crippen LogP contribution is -2.31. The van der Waals surface area contributed by atoms with Gasteiger partial charge in [-0.25, -0.2) is 4.39 Å². The fourth-order valence-corrected chi connectivity index (χ4v) is 2.47. The van der Waals surface area contributed by atoms with Crippen molar-refractivity contribution in [2.24, 2.45) is 0 Å². The van der Waals surface area contributed by atoms with Crippen molar-refractivity contribution in [1.29, 1.82) is 0 Å². The number of amides is 1. The van der Waals surface area contributed by atoms with Gasteiger partial charge in [-0.15, -0.1) is 0 Å². The molecule has 0 unspecified atom stereocenters. The standard InChI is InChI=1S/C17H16FNO2/c1-12-11-13(7-8-14(12)18)17(20)19-9-4-10-21-16-6-3-2-5-15(16)19/h2-3,5-8,11H,4,9-10H2,1H3. The molecule has 0 aromatic heterocycles. The maximum Gasteiger partial charge on any atom is 0.258 e. The Morgan fingerprint density at radius 1 is 1.24 bits per heavy atom. The number of nitrogens with zero attached hydrogens (tertiary/aromatic N) is 1. The van der Waals surface area contributed by atoms with Crippen LogP contribution in [0.1, 0.15) is 22.3 Å². The van der Waals surface area contributed by atoms with E-state index in [0.717, 1.165) is 12.1 Å². The number of carbonyl (C=O) groups is 1. The van der Waals surface area contributed by atoms with Crippen LogP contribution >= 0.6 is 0 Å². The van der Waals surface area contributed by atoms with Crippen molar-refractivity contribution >= 4 is 11.6 Å². The molecule has 0 saturated heterocycles. The summed E-state index contributed by atoms with van der Waals surface area (Å²) in [7, 11) is 0. The highest BCUT2D eigenvalue weighted by Gasteiger charge is 2.23. The molecule has 108 valence electrons. The third-order valence-corrected chi connectivity index (χ3v) is 3.59. The Kier molecular flexibility index (Phi) is 3.60. The molecule has 0 aliphatic carbocycles. The van der Waals surface area contributed by atoms with Crippen molar-refractivity contribution in [1.82, 2.24) is 0 Å². The lowest BCUT2D eigenvalue weighted by Gasteiger charge is -2.22. The fourth-order valence-electron chi connectivity index (χ4n) is 2.47.